The van der Waals surface area contributed by atoms with Crippen molar-refractivity contribution in [3.63, 3.8) is 0 Å². The number of rotatable bonds is 12. The Labute approximate surface area is 267 Å². The zero-order valence-corrected chi connectivity index (χ0v) is 27.4. The van der Waals surface area contributed by atoms with Gasteiger partial charge in [-0.15, -0.1) is 0 Å². The third kappa shape index (κ3) is 8.13. The number of H-pyrrole nitrogens is 1. The van der Waals surface area contributed by atoms with Crippen LogP contribution < -0.4 is 10.6 Å². The number of anilines is 1. The van der Waals surface area contributed by atoms with E-state index in [9.17, 15) is 14.1 Å². The van der Waals surface area contributed by atoms with Crippen molar-refractivity contribution in [2.45, 2.75) is 97.1 Å². The summed E-state index contributed by atoms with van der Waals surface area (Å²) in [7, 11) is 0. The number of nitrogens with one attached hydrogen (secondary N) is 3. The smallest absolute Gasteiger partial charge is 0.270 e. The molecule has 2 amide bonds. The first-order chi connectivity index (χ1) is 21.7. The van der Waals surface area contributed by atoms with Crippen LogP contribution >= 0.6 is 0 Å². The van der Waals surface area contributed by atoms with Gasteiger partial charge in [-0.25, -0.2) is 4.98 Å². The van der Waals surface area contributed by atoms with Crippen molar-refractivity contribution in [1.82, 2.24) is 30.3 Å². The van der Waals surface area contributed by atoms with Crippen LogP contribution in [0.2, 0.25) is 0 Å². The van der Waals surface area contributed by atoms with E-state index in [1.54, 1.807) is 42.3 Å². The average Bonchev–Trinajstić information content (AvgIpc) is 3.63. The van der Waals surface area contributed by atoms with Gasteiger partial charge < -0.3 is 15.2 Å². The van der Waals surface area contributed by atoms with E-state index in [1.165, 1.54) is 12.8 Å². The lowest BCUT2D eigenvalue weighted by Crippen LogP contribution is -2.53. The summed E-state index contributed by atoms with van der Waals surface area (Å²) in [5, 5.41) is 17.4. The molecular formula is C33H46FN7O3S. The van der Waals surface area contributed by atoms with Gasteiger partial charge in [0.2, 0.25) is 11.9 Å². The van der Waals surface area contributed by atoms with Crippen molar-refractivity contribution in [3.05, 3.63) is 47.4 Å². The molecule has 0 radical (unpaired) electrons. The molecule has 2 saturated carbocycles. The second kappa shape index (κ2) is 15.4. The second-order valence-corrected chi connectivity index (χ2v) is 14.3. The minimum atomic E-state index is -0.938. The lowest BCUT2D eigenvalue weighted by atomic mass is 9.66. The highest BCUT2D eigenvalue weighted by atomic mass is 32.2. The molecule has 45 heavy (non-hydrogen) atoms. The molecule has 0 aromatic carbocycles. The molecule has 0 aliphatic heterocycles. The first kappa shape index (κ1) is 33.1. The molecule has 5 rings (SSSR count). The highest BCUT2D eigenvalue weighted by Gasteiger charge is 2.41. The van der Waals surface area contributed by atoms with Crippen LogP contribution in [-0.2, 0) is 22.5 Å². The fourth-order valence-corrected chi connectivity index (χ4v) is 8.02. The molecule has 3 N–H and O–H groups in total. The van der Waals surface area contributed by atoms with Crippen molar-refractivity contribution < 1.29 is 18.5 Å². The zero-order valence-electron chi connectivity index (χ0n) is 26.6. The van der Waals surface area contributed by atoms with Gasteiger partial charge in [-0.3, -0.25) is 19.4 Å². The fraction of sp³-hybridized carbons (Fsp3) is 0.606. The van der Waals surface area contributed by atoms with Gasteiger partial charge in [0.15, 0.2) is 0 Å². The third-order valence-corrected chi connectivity index (χ3v) is 10.5. The maximum atomic E-state index is 15.4. The number of aryl methyl sites for hydroxylation is 3. The van der Waals surface area contributed by atoms with Crippen LogP contribution in [0, 0.1) is 37.5 Å². The second-order valence-electron chi connectivity index (χ2n) is 12.7. The summed E-state index contributed by atoms with van der Waals surface area (Å²) >= 11 is -0.938. The van der Waals surface area contributed by atoms with Crippen molar-refractivity contribution in [2.24, 2.45) is 17.8 Å². The third-order valence-electron chi connectivity index (χ3n) is 9.59. The first-order valence-corrected chi connectivity index (χ1v) is 18.1. The van der Waals surface area contributed by atoms with Gasteiger partial charge in [-0.2, -0.15) is 14.6 Å². The average molecular weight is 640 g/mol. The van der Waals surface area contributed by atoms with Crippen molar-refractivity contribution in [1.29, 1.82) is 0 Å². The van der Waals surface area contributed by atoms with Crippen LogP contribution in [0.5, 0.6) is 0 Å². The van der Waals surface area contributed by atoms with E-state index in [1.807, 2.05) is 6.92 Å². The van der Waals surface area contributed by atoms with Crippen LogP contribution in [0.4, 0.5) is 10.2 Å². The van der Waals surface area contributed by atoms with Crippen molar-refractivity contribution in [3.8, 4) is 11.1 Å². The quantitative estimate of drug-likeness (QED) is 0.171. The predicted molar refractivity (Wildman–Crippen MR) is 174 cm³/mol. The highest BCUT2D eigenvalue weighted by molar-refractivity contribution is 7.90. The van der Waals surface area contributed by atoms with Crippen molar-refractivity contribution >= 4 is 28.8 Å². The Kier molecular flexibility index (Phi) is 11.3. The molecule has 3 aromatic heterocycles. The molecule has 0 spiro atoms. The number of hydrogen-bond donors (Lipinski definition) is 3. The summed E-state index contributed by atoms with van der Waals surface area (Å²) in [5.41, 5.74) is 2.72. The highest BCUT2D eigenvalue weighted by Crippen LogP contribution is 2.42. The van der Waals surface area contributed by atoms with E-state index >= 15 is 4.39 Å². The summed E-state index contributed by atoms with van der Waals surface area (Å²) < 4.78 is 28.6. The molecule has 3 heterocycles. The first-order valence-electron chi connectivity index (χ1n) is 16.3. The van der Waals surface area contributed by atoms with Crippen LogP contribution in [-0.4, -0.2) is 59.4 Å². The number of amides is 2. The summed E-state index contributed by atoms with van der Waals surface area (Å²) in [6.07, 6.45) is 14.8. The van der Waals surface area contributed by atoms with E-state index in [2.05, 4.69) is 30.9 Å². The van der Waals surface area contributed by atoms with E-state index in [0.717, 1.165) is 57.1 Å². The topological polar surface area (TPSA) is 141 Å². The number of pyridine rings is 1. The van der Waals surface area contributed by atoms with Gasteiger partial charge >= 0.3 is 0 Å². The number of aromatic amines is 1. The molecule has 2 atom stereocenters. The molecule has 2 aliphatic carbocycles. The van der Waals surface area contributed by atoms with Crippen LogP contribution in [0.25, 0.3) is 11.1 Å². The molecule has 12 heteroatoms. The van der Waals surface area contributed by atoms with Gasteiger partial charge in [-0.1, -0.05) is 75.4 Å². The number of carbonyl (C=O) groups excluding carboxylic acids is 2. The number of carbonyl (C=O) groups is 2. The molecule has 3 aromatic rings. The Balaban J connectivity index is 1.43. The van der Waals surface area contributed by atoms with Crippen molar-refractivity contribution in [2.75, 3.05) is 17.3 Å². The lowest BCUT2D eigenvalue weighted by Gasteiger charge is -2.41. The van der Waals surface area contributed by atoms with Crippen LogP contribution in [0.3, 0.4) is 0 Å². The van der Waals surface area contributed by atoms with E-state index < -0.39 is 23.2 Å². The monoisotopic (exact) mass is 639 g/mol. The molecule has 0 bridgehead atoms. The SMILES string of the molecule is Cc1n[nH]c(C)c1-c1ccc(NC(=O)[C@@H](NC(=O)c2ccnn2CCC[S+](C)[O-])C(C2CCCCC2)C2CCCCC2)nc1F. The van der Waals surface area contributed by atoms with Crippen LogP contribution in [0.15, 0.2) is 24.4 Å². The Hall–Kier alpha value is -3.25. The normalized spacial score (nSPS) is 17.7. The van der Waals surface area contributed by atoms with E-state index in [4.69, 9.17) is 0 Å². The Bertz CT molecular complexity index is 1410. The molecule has 10 nitrogen and oxygen atoms in total. The van der Waals surface area contributed by atoms with Gasteiger partial charge in [0.05, 0.1) is 11.9 Å². The van der Waals surface area contributed by atoms with Gasteiger partial charge in [0, 0.05) is 36.0 Å². The molecule has 244 valence electrons. The number of hydrogen-bond acceptors (Lipinski definition) is 6. The minimum absolute atomic E-state index is 0.0474. The standard InChI is InChI=1S/C33H46FN7O3S/c1-21-28(22(2)40-39-21)25-15-16-27(36-31(25)34)37-33(43)30(29(23-11-6-4-7-12-23)24-13-8-5-9-14-24)38-32(42)26-17-18-35-41(26)19-10-20-45(3)44/h15-18,23-24,29-30H,4-14,19-20H2,1-3H3,(H,38,42)(H,39,40)(H,36,37,43)/t30-,45?/m0/s1. The Morgan fingerprint density at radius 3 is 2.31 bits per heavy atom. The summed E-state index contributed by atoms with van der Waals surface area (Å²) in [6.45, 7) is 4.08. The molecule has 0 saturated heterocycles. The lowest BCUT2D eigenvalue weighted by molar-refractivity contribution is -0.121. The Morgan fingerprint density at radius 2 is 1.73 bits per heavy atom. The Morgan fingerprint density at radius 1 is 1.07 bits per heavy atom. The predicted octanol–water partition coefficient (Wildman–Crippen LogP) is 5.71. The van der Waals surface area contributed by atoms with Gasteiger partial charge in [-0.05, 0) is 49.8 Å². The zero-order chi connectivity index (χ0) is 31.9. The van der Waals surface area contributed by atoms with Gasteiger partial charge in [0.1, 0.15) is 23.3 Å². The minimum Gasteiger partial charge on any atom is -0.617 e. The number of halogens is 1. The summed E-state index contributed by atoms with van der Waals surface area (Å²) in [5.74, 6) is -0.275. The van der Waals surface area contributed by atoms with Crippen LogP contribution in [0.1, 0.15) is 92.5 Å². The van der Waals surface area contributed by atoms with E-state index in [0.29, 0.717) is 53.1 Å². The molecule has 2 aliphatic rings. The fourth-order valence-electron chi connectivity index (χ4n) is 7.48. The van der Waals surface area contributed by atoms with E-state index in [-0.39, 0.29) is 23.6 Å². The summed E-state index contributed by atoms with van der Waals surface area (Å²) in [6, 6.07) is 4.04. The molecular weight excluding hydrogens is 593 g/mol. The summed E-state index contributed by atoms with van der Waals surface area (Å²) in [4.78, 5) is 32.2. The number of nitrogens with zero attached hydrogens (tertiary/aromatic N) is 4. The largest absolute Gasteiger partial charge is 0.617 e. The molecule has 2 fully saturated rings. The van der Waals surface area contributed by atoms with Gasteiger partial charge in [0.25, 0.3) is 5.91 Å². The molecule has 1 unspecified atom stereocenters. The number of aromatic nitrogens is 5. The maximum Gasteiger partial charge on any atom is 0.270 e. The maximum absolute atomic E-state index is 15.4.